The lowest BCUT2D eigenvalue weighted by Crippen LogP contribution is -2.00. The molecule has 0 N–H and O–H groups in total. The number of nitrogens with zero attached hydrogens (tertiary/aromatic N) is 4. The minimum Gasteiger partial charge on any atom is -0.237 e. The molecular weight excluding hydrogens is 284 g/mol. The maximum atomic E-state index is 4.83. The number of fused-ring (bicyclic) bond motifs is 1. The lowest BCUT2D eigenvalue weighted by molar-refractivity contribution is 0.847. The first-order valence-corrected chi connectivity index (χ1v) is 7.57. The summed E-state index contributed by atoms with van der Waals surface area (Å²) in [6.07, 6.45) is 1.77. The molecule has 1 aromatic carbocycles. The Labute approximate surface area is 134 Å². The monoisotopic (exact) mass is 300 g/mol. The Bertz CT molecular complexity index is 970. The number of aromatic nitrogens is 4. The Morgan fingerprint density at radius 1 is 0.870 bits per heavy atom. The normalized spacial score (nSPS) is 11.0. The summed E-state index contributed by atoms with van der Waals surface area (Å²) >= 11 is 0. The van der Waals surface area contributed by atoms with Gasteiger partial charge in [0.25, 0.3) is 0 Å². The van der Waals surface area contributed by atoms with E-state index in [9.17, 15) is 0 Å². The molecule has 3 heterocycles. The van der Waals surface area contributed by atoms with E-state index in [0.29, 0.717) is 0 Å². The molecule has 3 aromatic heterocycles. The van der Waals surface area contributed by atoms with Gasteiger partial charge < -0.3 is 0 Å². The lowest BCUT2D eigenvalue weighted by atomic mass is 10.1. The molecule has 0 aliphatic heterocycles. The van der Waals surface area contributed by atoms with Crippen molar-refractivity contribution in [2.24, 2.45) is 0 Å². The maximum absolute atomic E-state index is 4.83. The summed E-state index contributed by atoms with van der Waals surface area (Å²) < 4.78 is 1.81. The molecule has 0 radical (unpaired) electrons. The van der Waals surface area contributed by atoms with Crippen molar-refractivity contribution in [2.75, 3.05) is 0 Å². The highest BCUT2D eigenvalue weighted by Gasteiger charge is 2.12. The van der Waals surface area contributed by atoms with Crippen molar-refractivity contribution in [3.8, 4) is 17.1 Å². The third kappa shape index (κ3) is 2.38. The number of hydrogen-bond donors (Lipinski definition) is 0. The number of benzene rings is 1. The Kier molecular flexibility index (Phi) is 3.15. The minimum absolute atomic E-state index is 0.777. The van der Waals surface area contributed by atoms with E-state index in [1.54, 1.807) is 6.20 Å². The Morgan fingerprint density at radius 3 is 2.43 bits per heavy atom. The molecule has 4 rings (SSSR count). The molecule has 4 nitrogen and oxygen atoms in total. The first-order chi connectivity index (χ1) is 11.2. The Balaban J connectivity index is 1.92. The third-order valence-electron chi connectivity index (χ3n) is 3.93. The van der Waals surface area contributed by atoms with Crippen molar-refractivity contribution in [1.29, 1.82) is 0 Å². The summed E-state index contributed by atoms with van der Waals surface area (Å²) in [4.78, 5) is 9.22. The van der Waals surface area contributed by atoms with Crippen LogP contribution in [0.4, 0.5) is 0 Å². The van der Waals surface area contributed by atoms with E-state index in [4.69, 9.17) is 4.98 Å². The number of hydrogen-bond acceptors (Lipinski definition) is 3. The second kappa shape index (κ2) is 5.32. The van der Waals surface area contributed by atoms with Crippen LogP contribution in [0.1, 0.15) is 11.3 Å². The zero-order chi connectivity index (χ0) is 15.8. The molecule has 23 heavy (non-hydrogen) atoms. The summed E-state index contributed by atoms with van der Waals surface area (Å²) in [7, 11) is 0. The molecule has 0 amide bonds. The van der Waals surface area contributed by atoms with Crippen molar-refractivity contribution >= 4 is 11.0 Å². The van der Waals surface area contributed by atoms with Crippen LogP contribution in [-0.4, -0.2) is 19.7 Å². The highest BCUT2D eigenvalue weighted by atomic mass is 15.3. The van der Waals surface area contributed by atoms with Crippen LogP contribution in [-0.2, 0) is 0 Å². The average molecular weight is 300 g/mol. The Morgan fingerprint density at radius 2 is 1.70 bits per heavy atom. The first-order valence-electron chi connectivity index (χ1n) is 7.57. The zero-order valence-electron chi connectivity index (χ0n) is 13.1. The van der Waals surface area contributed by atoms with Gasteiger partial charge in [-0.05, 0) is 38.1 Å². The summed E-state index contributed by atoms with van der Waals surface area (Å²) in [5.74, 6) is 0.777. The van der Waals surface area contributed by atoms with Gasteiger partial charge in [0.1, 0.15) is 0 Å². The van der Waals surface area contributed by atoms with Gasteiger partial charge in [0.05, 0.1) is 11.4 Å². The van der Waals surface area contributed by atoms with Gasteiger partial charge in [0.2, 0.25) is 0 Å². The second-order valence-corrected chi connectivity index (χ2v) is 5.62. The number of rotatable bonds is 2. The second-order valence-electron chi connectivity index (χ2n) is 5.62. The van der Waals surface area contributed by atoms with Gasteiger partial charge >= 0.3 is 0 Å². The van der Waals surface area contributed by atoms with E-state index in [1.807, 2.05) is 35.9 Å². The fraction of sp³-hybridized carbons (Fsp3) is 0.105. The molecule has 0 saturated carbocycles. The predicted octanol–water partition coefficient (Wildman–Crippen LogP) is 4.10. The predicted molar refractivity (Wildman–Crippen MR) is 91.6 cm³/mol. The van der Waals surface area contributed by atoms with E-state index in [1.165, 1.54) is 5.56 Å². The highest BCUT2D eigenvalue weighted by molar-refractivity contribution is 5.82. The zero-order valence-corrected chi connectivity index (χ0v) is 13.1. The van der Waals surface area contributed by atoms with Crippen molar-refractivity contribution in [1.82, 2.24) is 19.7 Å². The standard InChI is InChI=1S/C19H16N4/c1-13-6-8-15(9-7-13)17-11-10-16-14(2)22-23(19(16)21-17)18-5-3-4-12-20-18/h3-12H,1-2H3. The van der Waals surface area contributed by atoms with Crippen LogP contribution in [0.25, 0.3) is 28.1 Å². The number of pyridine rings is 2. The number of aryl methyl sites for hydroxylation is 2. The summed E-state index contributed by atoms with van der Waals surface area (Å²) in [6.45, 7) is 4.08. The molecule has 0 spiro atoms. The lowest BCUT2D eigenvalue weighted by Gasteiger charge is -2.04. The topological polar surface area (TPSA) is 43.6 Å². The summed E-state index contributed by atoms with van der Waals surface area (Å²) in [6, 6.07) is 18.3. The SMILES string of the molecule is Cc1ccc(-c2ccc3c(C)nn(-c4ccccn4)c3n2)cc1. The van der Waals surface area contributed by atoms with Crippen LogP contribution >= 0.6 is 0 Å². The van der Waals surface area contributed by atoms with Gasteiger partial charge in [-0.15, -0.1) is 0 Å². The summed E-state index contributed by atoms with van der Waals surface area (Å²) in [5.41, 5.74) is 5.07. The minimum atomic E-state index is 0.777. The largest absolute Gasteiger partial charge is 0.237 e. The molecule has 0 bridgehead atoms. The molecule has 0 unspecified atom stereocenters. The van der Waals surface area contributed by atoms with Crippen molar-refractivity contribution < 1.29 is 0 Å². The molecule has 112 valence electrons. The van der Waals surface area contributed by atoms with E-state index >= 15 is 0 Å². The quantitative estimate of drug-likeness (QED) is 0.560. The maximum Gasteiger partial charge on any atom is 0.165 e. The van der Waals surface area contributed by atoms with E-state index in [2.05, 4.69) is 47.3 Å². The molecule has 4 heteroatoms. The smallest absolute Gasteiger partial charge is 0.165 e. The van der Waals surface area contributed by atoms with Gasteiger partial charge in [0, 0.05) is 17.1 Å². The van der Waals surface area contributed by atoms with Gasteiger partial charge in [-0.3, -0.25) is 0 Å². The molecule has 0 atom stereocenters. The molecule has 0 fully saturated rings. The van der Waals surface area contributed by atoms with Gasteiger partial charge in [0.15, 0.2) is 11.5 Å². The highest BCUT2D eigenvalue weighted by Crippen LogP contribution is 2.24. The van der Waals surface area contributed by atoms with Crippen LogP contribution in [0, 0.1) is 13.8 Å². The van der Waals surface area contributed by atoms with Crippen molar-refractivity contribution in [2.45, 2.75) is 13.8 Å². The van der Waals surface area contributed by atoms with Gasteiger partial charge in [-0.25, -0.2) is 9.97 Å². The van der Waals surface area contributed by atoms with Gasteiger partial charge in [-0.2, -0.15) is 9.78 Å². The molecule has 0 aliphatic rings. The third-order valence-corrected chi connectivity index (χ3v) is 3.93. The van der Waals surface area contributed by atoms with Crippen LogP contribution in [0.15, 0.2) is 60.8 Å². The fourth-order valence-corrected chi connectivity index (χ4v) is 2.67. The van der Waals surface area contributed by atoms with E-state index < -0.39 is 0 Å². The van der Waals surface area contributed by atoms with Crippen LogP contribution in [0.5, 0.6) is 0 Å². The van der Waals surface area contributed by atoms with Crippen LogP contribution < -0.4 is 0 Å². The van der Waals surface area contributed by atoms with Crippen LogP contribution in [0.3, 0.4) is 0 Å². The van der Waals surface area contributed by atoms with Crippen molar-refractivity contribution in [3.05, 3.63) is 72.1 Å². The van der Waals surface area contributed by atoms with E-state index in [-0.39, 0.29) is 0 Å². The molecule has 4 aromatic rings. The Hall–Kier alpha value is -3.01. The van der Waals surface area contributed by atoms with Crippen LogP contribution in [0.2, 0.25) is 0 Å². The van der Waals surface area contributed by atoms with E-state index in [0.717, 1.165) is 33.8 Å². The average Bonchev–Trinajstić information content (AvgIpc) is 2.93. The van der Waals surface area contributed by atoms with Crippen molar-refractivity contribution in [3.63, 3.8) is 0 Å². The summed E-state index contributed by atoms with van der Waals surface area (Å²) in [5, 5.41) is 5.65. The molecular formula is C19H16N4. The molecule has 0 aliphatic carbocycles. The fourth-order valence-electron chi connectivity index (χ4n) is 2.67. The first kappa shape index (κ1) is 13.6. The van der Waals surface area contributed by atoms with Gasteiger partial charge in [-0.1, -0.05) is 35.9 Å². The molecule has 0 saturated heterocycles.